The average Bonchev–Trinajstić information content (AvgIpc) is 3.17. The van der Waals surface area contributed by atoms with Gasteiger partial charge >= 0.3 is 0 Å². The molecule has 1 aliphatic rings. The van der Waals surface area contributed by atoms with Gasteiger partial charge in [0.15, 0.2) is 5.03 Å². The molecule has 120 valence electrons. The first-order chi connectivity index (χ1) is 10.4. The van der Waals surface area contributed by atoms with E-state index in [9.17, 15) is 8.42 Å². The first-order valence-electron chi connectivity index (χ1n) is 6.97. The molecule has 2 atom stereocenters. The van der Waals surface area contributed by atoms with E-state index in [1.165, 1.54) is 8.99 Å². The van der Waals surface area contributed by atoms with Crippen molar-refractivity contribution in [2.75, 3.05) is 13.7 Å². The number of H-pyrrole nitrogens is 1. The predicted molar refractivity (Wildman–Crippen MR) is 78.6 cm³/mol. The molecule has 22 heavy (non-hydrogen) atoms. The molecule has 8 nitrogen and oxygen atoms in total. The Morgan fingerprint density at radius 3 is 2.77 bits per heavy atom. The standard InChI is InChI=1S/C13H19N5O3S/c1-9-7-16-17(2)13(9)22(19,20)18-8-10(21-3)6-11(18)12-14-4-5-15-12/h4-5,7,10-11H,6,8H2,1-3H3,(H,14,15)/t10-,11?/m1/s1. The maximum absolute atomic E-state index is 13.1. The molecule has 2 aromatic heterocycles. The molecule has 0 aromatic carbocycles. The van der Waals surface area contributed by atoms with Crippen LogP contribution in [0.25, 0.3) is 0 Å². The number of nitrogens with one attached hydrogen (secondary N) is 1. The zero-order chi connectivity index (χ0) is 15.9. The maximum atomic E-state index is 13.1. The molecule has 0 bridgehead atoms. The van der Waals surface area contributed by atoms with Crippen LogP contribution in [0.5, 0.6) is 0 Å². The molecule has 0 amide bonds. The van der Waals surface area contributed by atoms with Crippen LogP contribution < -0.4 is 0 Å². The SMILES string of the molecule is CO[C@@H]1CC(c2ncc[nH]2)N(S(=O)(=O)c2c(C)cnn2C)C1. The first-order valence-corrected chi connectivity index (χ1v) is 8.41. The van der Waals surface area contributed by atoms with Gasteiger partial charge < -0.3 is 9.72 Å². The van der Waals surface area contributed by atoms with E-state index in [0.29, 0.717) is 24.4 Å². The maximum Gasteiger partial charge on any atom is 0.261 e. The molecule has 1 unspecified atom stereocenters. The highest BCUT2D eigenvalue weighted by Gasteiger charge is 2.43. The lowest BCUT2D eigenvalue weighted by molar-refractivity contribution is 0.114. The highest BCUT2D eigenvalue weighted by atomic mass is 32.2. The summed E-state index contributed by atoms with van der Waals surface area (Å²) in [7, 11) is -0.458. The normalized spacial score (nSPS) is 23.2. The van der Waals surface area contributed by atoms with Gasteiger partial charge in [-0.2, -0.15) is 9.40 Å². The van der Waals surface area contributed by atoms with Crippen LogP contribution in [0.15, 0.2) is 23.6 Å². The van der Waals surface area contributed by atoms with E-state index in [4.69, 9.17) is 4.74 Å². The molecule has 1 fully saturated rings. The Labute approximate surface area is 129 Å². The molecule has 9 heteroatoms. The van der Waals surface area contributed by atoms with Gasteiger partial charge in [0.25, 0.3) is 10.0 Å². The number of aromatic nitrogens is 4. The summed E-state index contributed by atoms with van der Waals surface area (Å²) in [6, 6.07) is -0.362. The molecular formula is C13H19N5O3S. The molecule has 3 heterocycles. The summed E-state index contributed by atoms with van der Waals surface area (Å²) in [5.74, 6) is 0.628. The molecule has 0 spiro atoms. The quantitative estimate of drug-likeness (QED) is 0.888. The molecule has 0 aliphatic carbocycles. The van der Waals surface area contributed by atoms with E-state index in [1.807, 2.05) is 0 Å². The second-order valence-corrected chi connectivity index (χ2v) is 7.22. The minimum absolute atomic E-state index is 0.154. The summed E-state index contributed by atoms with van der Waals surface area (Å²) >= 11 is 0. The number of hydrogen-bond acceptors (Lipinski definition) is 5. The molecule has 1 saturated heterocycles. The minimum Gasteiger partial charge on any atom is -0.380 e. The van der Waals surface area contributed by atoms with Gasteiger partial charge in [-0.15, -0.1) is 0 Å². The second-order valence-electron chi connectivity index (χ2n) is 5.41. The third kappa shape index (κ3) is 2.34. The van der Waals surface area contributed by atoms with E-state index in [2.05, 4.69) is 15.1 Å². The van der Waals surface area contributed by atoms with Crippen molar-refractivity contribution in [1.29, 1.82) is 0 Å². The van der Waals surface area contributed by atoms with Gasteiger partial charge in [0.05, 0.1) is 18.3 Å². The number of imidazole rings is 1. The zero-order valence-electron chi connectivity index (χ0n) is 12.7. The van der Waals surface area contributed by atoms with Crippen molar-refractivity contribution in [1.82, 2.24) is 24.1 Å². The van der Waals surface area contributed by atoms with Crippen LogP contribution >= 0.6 is 0 Å². The number of aromatic amines is 1. The monoisotopic (exact) mass is 325 g/mol. The van der Waals surface area contributed by atoms with Crippen molar-refractivity contribution in [3.8, 4) is 0 Å². The molecule has 3 rings (SSSR count). The topological polar surface area (TPSA) is 93.1 Å². The average molecular weight is 325 g/mol. The third-order valence-corrected chi connectivity index (χ3v) is 6.09. The molecule has 1 aliphatic heterocycles. The van der Waals surface area contributed by atoms with E-state index < -0.39 is 10.0 Å². The highest BCUT2D eigenvalue weighted by Crippen LogP contribution is 2.36. The number of rotatable bonds is 4. The third-order valence-electron chi connectivity index (χ3n) is 3.99. The first kappa shape index (κ1) is 15.2. The fraction of sp³-hybridized carbons (Fsp3) is 0.538. The van der Waals surface area contributed by atoms with Crippen LogP contribution in [0.3, 0.4) is 0 Å². The smallest absolute Gasteiger partial charge is 0.261 e. The van der Waals surface area contributed by atoms with Gasteiger partial charge in [0.2, 0.25) is 0 Å². The Morgan fingerprint density at radius 1 is 1.45 bits per heavy atom. The van der Waals surface area contributed by atoms with Gasteiger partial charge in [-0.1, -0.05) is 0 Å². The number of ether oxygens (including phenoxy) is 1. The van der Waals surface area contributed by atoms with Crippen molar-refractivity contribution in [2.45, 2.75) is 30.5 Å². The van der Waals surface area contributed by atoms with Crippen molar-refractivity contribution in [2.24, 2.45) is 7.05 Å². The van der Waals surface area contributed by atoms with Crippen molar-refractivity contribution < 1.29 is 13.2 Å². The van der Waals surface area contributed by atoms with Gasteiger partial charge in [-0.25, -0.2) is 13.4 Å². The van der Waals surface area contributed by atoms with E-state index in [0.717, 1.165) is 0 Å². The largest absolute Gasteiger partial charge is 0.380 e. The Bertz CT molecular complexity index is 733. The Morgan fingerprint density at radius 2 is 2.23 bits per heavy atom. The van der Waals surface area contributed by atoms with Gasteiger partial charge in [-0.3, -0.25) is 4.68 Å². The van der Waals surface area contributed by atoms with Crippen molar-refractivity contribution in [3.05, 3.63) is 30.0 Å². The van der Waals surface area contributed by atoms with E-state index in [1.54, 1.807) is 39.7 Å². The summed E-state index contributed by atoms with van der Waals surface area (Å²) in [5.41, 5.74) is 0.626. The van der Waals surface area contributed by atoms with Crippen LogP contribution in [0.4, 0.5) is 0 Å². The fourth-order valence-electron chi connectivity index (χ4n) is 2.93. The molecular weight excluding hydrogens is 306 g/mol. The lowest BCUT2D eigenvalue weighted by Gasteiger charge is -2.22. The lowest BCUT2D eigenvalue weighted by atomic mass is 10.2. The summed E-state index contributed by atoms with van der Waals surface area (Å²) in [6.45, 7) is 2.04. The summed E-state index contributed by atoms with van der Waals surface area (Å²) in [5, 5.41) is 4.25. The van der Waals surface area contributed by atoms with E-state index >= 15 is 0 Å². The Kier molecular flexibility index (Phi) is 3.79. The lowest BCUT2D eigenvalue weighted by Crippen LogP contribution is -2.34. The van der Waals surface area contributed by atoms with Crippen molar-refractivity contribution in [3.63, 3.8) is 0 Å². The molecule has 1 N–H and O–H groups in total. The van der Waals surface area contributed by atoms with Crippen LogP contribution in [-0.4, -0.2) is 52.2 Å². The number of methoxy groups -OCH3 is 1. The number of hydrogen-bond donors (Lipinski definition) is 1. The number of sulfonamides is 1. The Balaban J connectivity index is 2.04. The van der Waals surface area contributed by atoms with Crippen LogP contribution in [0, 0.1) is 6.92 Å². The second kappa shape index (κ2) is 5.49. The van der Waals surface area contributed by atoms with Gasteiger partial charge in [-0.05, 0) is 13.3 Å². The number of aryl methyl sites for hydroxylation is 2. The molecule has 0 radical (unpaired) electrons. The van der Waals surface area contributed by atoms with E-state index in [-0.39, 0.29) is 17.2 Å². The summed E-state index contributed by atoms with van der Waals surface area (Å²) in [6.07, 6.45) is 5.28. The zero-order valence-corrected chi connectivity index (χ0v) is 13.5. The number of nitrogens with zero attached hydrogens (tertiary/aromatic N) is 4. The Hall–Kier alpha value is -1.71. The van der Waals surface area contributed by atoms with Gasteiger partial charge in [0.1, 0.15) is 5.82 Å². The molecule has 2 aromatic rings. The van der Waals surface area contributed by atoms with Gasteiger partial charge in [0, 0.05) is 38.7 Å². The molecule has 0 saturated carbocycles. The van der Waals surface area contributed by atoms with Crippen LogP contribution in [0.2, 0.25) is 0 Å². The highest BCUT2D eigenvalue weighted by molar-refractivity contribution is 7.89. The minimum atomic E-state index is -3.68. The fourth-order valence-corrected chi connectivity index (χ4v) is 4.88. The summed E-state index contributed by atoms with van der Waals surface area (Å²) < 4.78 is 34.4. The summed E-state index contributed by atoms with van der Waals surface area (Å²) in [4.78, 5) is 7.22. The van der Waals surface area contributed by atoms with Crippen LogP contribution in [0.1, 0.15) is 23.9 Å². The van der Waals surface area contributed by atoms with Crippen LogP contribution in [-0.2, 0) is 21.8 Å². The predicted octanol–water partition coefficient (Wildman–Crippen LogP) is 0.602. The van der Waals surface area contributed by atoms with Crippen molar-refractivity contribution >= 4 is 10.0 Å².